The van der Waals surface area contributed by atoms with Crippen molar-refractivity contribution in [2.24, 2.45) is 0 Å². The number of aromatic nitrogens is 2. The van der Waals surface area contributed by atoms with E-state index in [0.29, 0.717) is 22.5 Å². The fourth-order valence-electron chi connectivity index (χ4n) is 3.42. The molecule has 4 rings (SSSR count). The number of nitrogens with one attached hydrogen (secondary N) is 2. The molecule has 0 unspecified atom stereocenters. The zero-order valence-corrected chi connectivity index (χ0v) is 19.3. The maximum atomic E-state index is 12.3. The van der Waals surface area contributed by atoms with Crippen LogP contribution in [0.3, 0.4) is 0 Å². The van der Waals surface area contributed by atoms with Crippen molar-refractivity contribution in [1.82, 2.24) is 20.2 Å². The summed E-state index contributed by atoms with van der Waals surface area (Å²) in [6.07, 6.45) is 1.68. The lowest BCUT2D eigenvalue weighted by Gasteiger charge is -2.16. The number of urea groups is 1. The molecular weight excluding hydrogens is 450 g/mol. The summed E-state index contributed by atoms with van der Waals surface area (Å²) in [4.78, 5) is 35.5. The second-order valence-electron chi connectivity index (χ2n) is 8.01. The fraction of sp³-hybridized carbons (Fsp3) is 0.273. The first kappa shape index (κ1) is 22.0. The Balaban J connectivity index is 1.60. The highest BCUT2D eigenvalue weighted by Crippen LogP contribution is 2.39. The Morgan fingerprint density at radius 3 is 2.69 bits per heavy atom. The number of thiophene rings is 1. The zero-order valence-electron chi connectivity index (χ0n) is 17.8. The summed E-state index contributed by atoms with van der Waals surface area (Å²) in [5.74, 6) is 0.235. The number of hydrogen-bond acceptors (Lipinski definition) is 7. The number of aryl methyl sites for hydroxylation is 1. The third-order valence-electron chi connectivity index (χ3n) is 5.10. The Labute approximate surface area is 194 Å². The second-order valence-corrected chi connectivity index (χ2v) is 9.67. The number of phenols is 1. The molecule has 166 valence electrons. The number of hydrogen-bond donors (Lipinski definition) is 3. The van der Waals surface area contributed by atoms with E-state index in [1.165, 1.54) is 16.2 Å². The summed E-state index contributed by atoms with van der Waals surface area (Å²) in [5, 5.41) is 15.6. The average molecular weight is 472 g/mol. The van der Waals surface area contributed by atoms with E-state index in [4.69, 9.17) is 11.6 Å². The van der Waals surface area contributed by atoms with Crippen molar-refractivity contribution in [1.29, 1.82) is 0 Å². The molecule has 3 aromatic rings. The minimum atomic E-state index is -0.903. The van der Waals surface area contributed by atoms with Crippen molar-refractivity contribution >= 4 is 40.8 Å². The monoisotopic (exact) mass is 471 g/mol. The highest BCUT2D eigenvalue weighted by molar-refractivity contribution is 7.19. The maximum Gasteiger partial charge on any atom is 0.325 e. The first-order valence-electron chi connectivity index (χ1n) is 9.96. The number of anilines is 1. The number of benzene rings is 1. The van der Waals surface area contributed by atoms with Crippen LogP contribution >= 0.6 is 22.9 Å². The second kappa shape index (κ2) is 8.40. The topological polar surface area (TPSA) is 107 Å². The molecule has 0 saturated carbocycles. The minimum absolute atomic E-state index is 0.146. The summed E-state index contributed by atoms with van der Waals surface area (Å²) in [6, 6.07) is 8.43. The van der Waals surface area contributed by atoms with E-state index in [1.54, 1.807) is 38.2 Å². The van der Waals surface area contributed by atoms with E-state index < -0.39 is 11.6 Å². The Hall–Kier alpha value is -3.17. The molecule has 0 radical (unpaired) electrons. The van der Waals surface area contributed by atoms with Crippen molar-refractivity contribution in [3.8, 4) is 27.4 Å². The van der Waals surface area contributed by atoms with Gasteiger partial charge in [0.25, 0.3) is 5.91 Å². The molecule has 1 aliphatic rings. The van der Waals surface area contributed by atoms with Crippen LogP contribution in [0.5, 0.6) is 5.75 Å². The van der Waals surface area contributed by atoms with Crippen LogP contribution in [0.2, 0.25) is 4.34 Å². The summed E-state index contributed by atoms with van der Waals surface area (Å²) in [5.41, 5.74) is 2.24. The molecule has 3 N–H and O–H groups in total. The highest BCUT2D eigenvalue weighted by atomic mass is 35.5. The zero-order chi connectivity index (χ0) is 23.0. The number of carbonyl (C=O) groups excluding carboxylic acids is 2. The summed E-state index contributed by atoms with van der Waals surface area (Å²) < 4.78 is 0.677. The lowest BCUT2D eigenvalue weighted by Crippen LogP contribution is -2.40. The molecule has 3 heterocycles. The van der Waals surface area contributed by atoms with E-state index in [9.17, 15) is 14.7 Å². The predicted molar refractivity (Wildman–Crippen MR) is 125 cm³/mol. The van der Waals surface area contributed by atoms with Crippen LogP contribution in [-0.4, -0.2) is 50.5 Å². The van der Waals surface area contributed by atoms with Gasteiger partial charge in [-0.3, -0.25) is 9.69 Å². The molecule has 0 aliphatic carbocycles. The minimum Gasteiger partial charge on any atom is -0.508 e. The molecule has 3 amide bonds. The van der Waals surface area contributed by atoms with Crippen LogP contribution in [-0.2, 0) is 4.79 Å². The molecule has 1 fully saturated rings. The Bertz CT molecular complexity index is 1190. The van der Waals surface area contributed by atoms with Gasteiger partial charge in [-0.25, -0.2) is 14.8 Å². The summed E-state index contributed by atoms with van der Waals surface area (Å²) in [6.45, 7) is 5.75. The lowest BCUT2D eigenvalue weighted by atomic mass is 10.0. The third-order valence-corrected chi connectivity index (χ3v) is 6.66. The molecule has 0 bridgehead atoms. The van der Waals surface area contributed by atoms with Gasteiger partial charge in [0.2, 0.25) is 5.95 Å². The molecule has 1 saturated heterocycles. The van der Waals surface area contributed by atoms with E-state index in [1.807, 2.05) is 19.1 Å². The van der Waals surface area contributed by atoms with Gasteiger partial charge in [-0.15, -0.1) is 11.3 Å². The number of halogens is 1. The smallest absolute Gasteiger partial charge is 0.325 e. The van der Waals surface area contributed by atoms with Crippen LogP contribution in [0.4, 0.5) is 10.7 Å². The molecule has 8 nitrogen and oxygen atoms in total. The SMILES string of the molecule is Cc1cc(-c2nc(NCCN3C(=O)NC(C)(C)C3=O)ncc2-c2cccc(O)c2)sc1Cl. The number of phenolic OH excluding ortho intramolecular Hbond substituents is 1. The predicted octanol–water partition coefficient (Wildman–Crippen LogP) is 4.28. The molecule has 2 aromatic heterocycles. The van der Waals surface area contributed by atoms with Gasteiger partial charge >= 0.3 is 6.03 Å². The average Bonchev–Trinajstić information content (AvgIpc) is 3.17. The molecule has 1 aliphatic heterocycles. The molecular formula is C22H22ClN5O3S. The van der Waals surface area contributed by atoms with Crippen LogP contribution in [0.25, 0.3) is 21.7 Å². The molecule has 1 aromatic carbocycles. The van der Waals surface area contributed by atoms with Gasteiger partial charge in [-0.1, -0.05) is 23.7 Å². The maximum absolute atomic E-state index is 12.3. The lowest BCUT2D eigenvalue weighted by molar-refractivity contribution is -0.130. The largest absolute Gasteiger partial charge is 0.508 e. The van der Waals surface area contributed by atoms with Crippen LogP contribution < -0.4 is 10.6 Å². The molecule has 32 heavy (non-hydrogen) atoms. The fourth-order valence-corrected chi connectivity index (χ4v) is 4.62. The first-order valence-corrected chi connectivity index (χ1v) is 11.2. The van der Waals surface area contributed by atoms with Crippen LogP contribution in [0.1, 0.15) is 19.4 Å². The van der Waals surface area contributed by atoms with Crippen molar-refractivity contribution in [3.05, 3.63) is 46.4 Å². The van der Waals surface area contributed by atoms with E-state index in [2.05, 4.69) is 20.6 Å². The van der Waals surface area contributed by atoms with Gasteiger partial charge in [0.15, 0.2) is 0 Å². The standard InChI is InChI=1S/C22H22ClN5O3S/c1-12-9-16(32-18(12)23)17-15(13-5-4-6-14(29)10-13)11-25-20(26-17)24-7-8-28-19(30)22(2,3)27-21(28)31/h4-6,9-11,29H,7-8H2,1-3H3,(H,27,31)(H,24,25,26). The molecule has 10 heteroatoms. The van der Waals surface area contributed by atoms with E-state index in [0.717, 1.165) is 21.6 Å². The van der Waals surface area contributed by atoms with Gasteiger partial charge in [0, 0.05) is 24.8 Å². The summed E-state index contributed by atoms with van der Waals surface area (Å²) in [7, 11) is 0. The Morgan fingerprint density at radius 1 is 1.28 bits per heavy atom. The third kappa shape index (κ3) is 4.26. The van der Waals surface area contributed by atoms with Crippen LogP contribution in [0.15, 0.2) is 36.5 Å². The van der Waals surface area contributed by atoms with Crippen molar-refractivity contribution < 1.29 is 14.7 Å². The van der Waals surface area contributed by atoms with Gasteiger partial charge in [-0.2, -0.15) is 0 Å². The number of amides is 3. The first-order chi connectivity index (χ1) is 15.2. The van der Waals surface area contributed by atoms with Gasteiger partial charge in [0.1, 0.15) is 11.3 Å². The van der Waals surface area contributed by atoms with Gasteiger partial charge < -0.3 is 15.7 Å². The number of nitrogens with zero attached hydrogens (tertiary/aromatic N) is 3. The number of rotatable bonds is 6. The Morgan fingerprint density at radius 2 is 2.06 bits per heavy atom. The van der Waals surface area contributed by atoms with Crippen molar-refractivity contribution in [2.45, 2.75) is 26.3 Å². The van der Waals surface area contributed by atoms with Crippen molar-refractivity contribution in [2.75, 3.05) is 18.4 Å². The highest BCUT2D eigenvalue weighted by Gasteiger charge is 2.43. The quantitative estimate of drug-likeness (QED) is 0.463. The van der Waals surface area contributed by atoms with E-state index in [-0.39, 0.29) is 18.2 Å². The normalized spacial score (nSPS) is 15.2. The van der Waals surface area contributed by atoms with Gasteiger partial charge in [0.05, 0.1) is 14.9 Å². The summed E-state index contributed by atoms with van der Waals surface area (Å²) >= 11 is 7.71. The van der Waals surface area contributed by atoms with Crippen LogP contribution in [0, 0.1) is 6.92 Å². The Kier molecular flexibility index (Phi) is 5.79. The molecule has 0 atom stereocenters. The number of aromatic hydroxyl groups is 1. The van der Waals surface area contributed by atoms with Crippen molar-refractivity contribution in [3.63, 3.8) is 0 Å². The molecule has 0 spiro atoms. The number of imide groups is 1. The van der Waals surface area contributed by atoms with E-state index >= 15 is 0 Å². The van der Waals surface area contributed by atoms with Gasteiger partial charge in [-0.05, 0) is 50.1 Å². The number of carbonyl (C=O) groups is 2.